The summed E-state index contributed by atoms with van der Waals surface area (Å²) in [7, 11) is 1.61. The third-order valence-electron chi connectivity index (χ3n) is 5.32. The maximum Gasteiger partial charge on any atom is 0.306 e. The van der Waals surface area contributed by atoms with Gasteiger partial charge in [0.05, 0.1) is 5.92 Å². The minimum absolute atomic E-state index is 0.0756. The fourth-order valence-electron chi connectivity index (χ4n) is 2.92. The van der Waals surface area contributed by atoms with E-state index in [-0.39, 0.29) is 5.91 Å². The number of hydrogen-bond acceptors (Lipinski definition) is 2. The van der Waals surface area contributed by atoms with Gasteiger partial charge in [-0.05, 0) is 43.9 Å². The zero-order valence-corrected chi connectivity index (χ0v) is 16.5. The number of hydrogen-bond donors (Lipinski definition) is 2. The van der Waals surface area contributed by atoms with Crippen LogP contribution in [0.1, 0.15) is 79.6 Å². The molecule has 1 amide bonds. The summed E-state index contributed by atoms with van der Waals surface area (Å²) in [6.07, 6.45) is 6.10. The fourth-order valence-corrected chi connectivity index (χ4v) is 2.92. The molecule has 0 rings (SSSR count). The second-order valence-corrected chi connectivity index (χ2v) is 8.20. The van der Waals surface area contributed by atoms with E-state index in [1.807, 2.05) is 6.92 Å². The van der Waals surface area contributed by atoms with Crippen molar-refractivity contribution in [2.45, 2.75) is 79.6 Å². The number of carbonyl (C=O) groups is 2. The molecule has 0 saturated carbocycles. The third kappa shape index (κ3) is 7.98. The van der Waals surface area contributed by atoms with Crippen LogP contribution in [-0.4, -0.2) is 24.0 Å². The van der Waals surface area contributed by atoms with Gasteiger partial charge in [-0.2, -0.15) is 0 Å². The molecule has 0 aromatic rings. The summed E-state index contributed by atoms with van der Waals surface area (Å²) in [6, 6.07) is 0. The van der Waals surface area contributed by atoms with Crippen molar-refractivity contribution >= 4 is 11.9 Å². The maximum absolute atomic E-state index is 12.2. The van der Waals surface area contributed by atoms with E-state index >= 15 is 0 Å². The first kappa shape index (κ1) is 22.7. The van der Waals surface area contributed by atoms with Crippen LogP contribution in [0.3, 0.4) is 0 Å². The minimum atomic E-state index is -0.851. The van der Waals surface area contributed by atoms with Crippen LogP contribution in [0.4, 0.5) is 0 Å². The molecule has 4 nitrogen and oxygen atoms in total. The maximum atomic E-state index is 12.2. The Kier molecular flexibility index (Phi) is 9.31. The molecule has 0 saturated heterocycles. The largest absolute Gasteiger partial charge is 0.481 e. The summed E-state index contributed by atoms with van der Waals surface area (Å²) in [4.78, 5) is 23.4. The van der Waals surface area contributed by atoms with E-state index in [0.29, 0.717) is 18.3 Å². The Morgan fingerprint density at radius 2 is 1.75 bits per heavy atom. The Hall–Kier alpha value is -1.32. The van der Waals surface area contributed by atoms with Gasteiger partial charge in [-0.3, -0.25) is 9.59 Å². The van der Waals surface area contributed by atoms with Gasteiger partial charge < -0.3 is 10.4 Å². The molecule has 0 aliphatic rings. The number of carbonyl (C=O) groups excluding carboxylic acids is 1. The molecule has 0 fully saturated rings. The van der Waals surface area contributed by atoms with E-state index in [9.17, 15) is 9.59 Å². The van der Waals surface area contributed by atoms with Crippen LogP contribution in [0, 0.1) is 16.7 Å². The second-order valence-electron chi connectivity index (χ2n) is 8.20. The average Bonchev–Trinajstić information content (AvgIpc) is 2.51. The summed E-state index contributed by atoms with van der Waals surface area (Å²) in [6.45, 7) is 14.5. The van der Waals surface area contributed by atoms with Crippen LogP contribution in [0.5, 0.6) is 0 Å². The number of amides is 1. The monoisotopic (exact) mass is 339 g/mol. The van der Waals surface area contributed by atoms with Gasteiger partial charge in [-0.25, -0.2) is 0 Å². The zero-order valence-electron chi connectivity index (χ0n) is 16.5. The number of carboxylic acid groups (broad SMARTS) is 1. The molecule has 0 aromatic heterocycles. The first-order chi connectivity index (χ1) is 11.0. The number of nitrogens with one attached hydrogen (secondary N) is 1. The Bertz CT molecular complexity index is 442. The SMILES string of the molecule is C=C(CCCC(C)(CC(C)C(=O)O)C(=O)NC)CCC(C)(C)CC. The molecule has 140 valence electrons. The topological polar surface area (TPSA) is 66.4 Å². The van der Waals surface area contributed by atoms with Gasteiger partial charge in [-0.1, -0.05) is 53.2 Å². The lowest BCUT2D eigenvalue weighted by atomic mass is 9.76. The first-order valence-corrected chi connectivity index (χ1v) is 9.09. The number of allylic oxidation sites excluding steroid dienone is 1. The molecule has 0 spiro atoms. The van der Waals surface area contributed by atoms with E-state index in [2.05, 4.69) is 32.7 Å². The summed E-state index contributed by atoms with van der Waals surface area (Å²) in [5.41, 5.74) is 0.925. The molecule has 0 radical (unpaired) electrons. The van der Waals surface area contributed by atoms with Crippen LogP contribution < -0.4 is 5.32 Å². The smallest absolute Gasteiger partial charge is 0.306 e. The standard InChI is InChI=1S/C20H37NO3/c1-8-19(4,5)13-11-15(2)10-9-12-20(6,18(24)21-7)14-16(3)17(22)23/h16H,2,8-14H2,1,3-7H3,(H,21,24)(H,22,23). The molecule has 4 heteroatoms. The number of carboxylic acids is 1. The minimum Gasteiger partial charge on any atom is -0.481 e. The van der Waals surface area contributed by atoms with E-state index in [1.165, 1.54) is 5.57 Å². The highest BCUT2D eigenvalue weighted by molar-refractivity contribution is 5.82. The summed E-state index contributed by atoms with van der Waals surface area (Å²) in [5, 5.41) is 11.8. The number of rotatable bonds is 12. The van der Waals surface area contributed by atoms with Crippen molar-refractivity contribution in [3.63, 3.8) is 0 Å². The van der Waals surface area contributed by atoms with Gasteiger partial charge in [0.1, 0.15) is 0 Å². The number of aliphatic carboxylic acids is 1. The second kappa shape index (κ2) is 9.85. The van der Waals surface area contributed by atoms with Crippen LogP contribution in [0.2, 0.25) is 0 Å². The molecular formula is C20H37NO3. The third-order valence-corrected chi connectivity index (χ3v) is 5.32. The van der Waals surface area contributed by atoms with Crippen molar-refractivity contribution in [2.24, 2.45) is 16.7 Å². The van der Waals surface area contributed by atoms with Gasteiger partial charge in [0.2, 0.25) is 5.91 Å². The lowest BCUT2D eigenvalue weighted by Gasteiger charge is -2.29. The predicted molar refractivity (Wildman–Crippen MR) is 99.9 cm³/mol. The van der Waals surface area contributed by atoms with Crippen molar-refractivity contribution in [2.75, 3.05) is 7.05 Å². The Balaban J connectivity index is 4.55. The van der Waals surface area contributed by atoms with Crippen LogP contribution >= 0.6 is 0 Å². The molecule has 24 heavy (non-hydrogen) atoms. The van der Waals surface area contributed by atoms with Crippen molar-refractivity contribution in [3.8, 4) is 0 Å². The Morgan fingerprint density at radius 1 is 1.17 bits per heavy atom. The molecule has 2 N–H and O–H groups in total. The van der Waals surface area contributed by atoms with E-state index in [1.54, 1.807) is 14.0 Å². The Morgan fingerprint density at radius 3 is 2.21 bits per heavy atom. The first-order valence-electron chi connectivity index (χ1n) is 9.09. The lowest BCUT2D eigenvalue weighted by molar-refractivity contribution is -0.143. The van der Waals surface area contributed by atoms with Gasteiger partial charge in [0, 0.05) is 12.5 Å². The van der Waals surface area contributed by atoms with E-state index in [4.69, 9.17) is 5.11 Å². The van der Waals surface area contributed by atoms with Crippen LogP contribution in [0.15, 0.2) is 12.2 Å². The van der Waals surface area contributed by atoms with Gasteiger partial charge in [-0.15, -0.1) is 0 Å². The van der Waals surface area contributed by atoms with Crippen LogP contribution in [0.25, 0.3) is 0 Å². The molecule has 0 aromatic carbocycles. The van der Waals surface area contributed by atoms with Gasteiger partial charge in [0.15, 0.2) is 0 Å². The molecular weight excluding hydrogens is 302 g/mol. The van der Waals surface area contributed by atoms with Crippen molar-refractivity contribution in [1.29, 1.82) is 0 Å². The highest BCUT2D eigenvalue weighted by atomic mass is 16.4. The molecule has 0 heterocycles. The lowest BCUT2D eigenvalue weighted by Crippen LogP contribution is -2.39. The highest BCUT2D eigenvalue weighted by Crippen LogP contribution is 2.34. The quantitative estimate of drug-likeness (QED) is 0.502. The Labute approximate surface area is 148 Å². The predicted octanol–water partition coefficient (Wildman–Crippen LogP) is 4.79. The van der Waals surface area contributed by atoms with Crippen molar-refractivity contribution in [1.82, 2.24) is 5.32 Å². The van der Waals surface area contributed by atoms with Crippen molar-refractivity contribution in [3.05, 3.63) is 12.2 Å². The van der Waals surface area contributed by atoms with Gasteiger partial charge in [0.25, 0.3) is 0 Å². The fraction of sp³-hybridized carbons (Fsp3) is 0.800. The van der Waals surface area contributed by atoms with Gasteiger partial charge >= 0.3 is 5.97 Å². The molecule has 0 bridgehead atoms. The average molecular weight is 340 g/mol. The van der Waals surface area contributed by atoms with Crippen LogP contribution in [-0.2, 0) is 9.59 Å². The molecule has 2 unspecified atom stereocenters. The normalized spacial score (nSPS) is 15.4. The summed E-state index contributed by atoms with van der Waals surface area (Å²) < 4.78 is 0. The zero-order chi connectivity index (χ0) is 19.0. The van der Waals surface area contributed by atoms with E-state index < -0.39 is 17.3 Å². The summed E-state index contributed by atoms with van der Waals surface area (Å²) >= 11 is 0. The van der Waals surface area contributed by atoms with E-state index in [0.717, 1.165) is 32.1 Å². The highest BCUT2D eigenvalue weighted by Gasteiger charge is 2.35. The molecule has 0 aliphatic carbocycles. The molecule has 0 aliphatic heterocycles. The summed E-state index contributed by atoms with van der Waals surface area (Å²) in [5.74, 6) is -1.45. The van der Waals surface area contributed by atoms with Crippen molar-refractivity contribution < 1.29 is 14.7 Å². The molecule has 2 atom stereocenters.